The predicted molar refractivity (Wildman–Crippen MR) is 74.0 cm³/mol. The van der Waals surface area contributed by atoms with Gasteiger partial charge in [0.05, 0.1) is 5.75 Å². The highest BCUT2D eigenvalue weighted by atomic mass is 32.2. The molecule has 6 nitrogen and oxygen atoms in total. The summed E-state index contributed by atoms with van der Waals surface area (Å²) in [5, 5.41) is 17.3. The second kappa shape index (κ2) is 5.81. The van der Waals surface area contributed by atoms with Gasteiger partial charge in [-0.15, -0.1) is 10.2 Å². The summed E-state index contributed by atoms with van der Waals surface area (Å²) in [5.41, 5.74) is 5.89. The summed E-state index contributed by atoms with van der Waals surface area (Å²) in [6.45, 7) is 4.53. The zero-order chi connectivity index (χ0) is 14.0. The van der Waals surface area contributed by atoms with Gasteiger partial charge >= 0.3 is 5.97 Å². The van der Waals surface area contributed by atoms with Crippen LogP contribution in [-0.4, -0.2) is 31.6 Å². The van der Waals surface area contributed by atoms with Crippen molar-refractivity contribution >= 4 is 23.7 Å². The summed E-state index contributed by atoms with van der Waals surface area (Å²) >= 11 is 1.18. The third kappa shape index (κ3) is 3.20. The van der Waals surface area contributed by atoms with E-state index in [2.05, 4.69) is 24.0 Å². The first kappa shape index (κ1) is 14.2. The molecule has 19 heavy (non-hydrogen) atoms. The number of carbonyl (C=O) groups is 1. The minimum Gasteiger partial charge on any atom is -0.481 e. The van der Waals surface area contributed by atoms with Crippen LogP contribution in [0.1, 0.15) is 39.2 Å². The lowest BCUT2D eigenvalue weighted by molar-refractivity contribution is -0.133. The van der Waals surface area contributed by atoms with Crippen molar-refractivity contribution in [3.8, 4) is 0 Å². The summed E-state index contributed by atoms with van der Waals surface area (Å²) in [6.07, 6.45) is 3.25. The Hall–Kier alpha value is -1.24. The number of anilines is 1. The van der Waals surface area contributed by atoms with Crippen molar-refractivity contribution in [2.45, 2.75) is 44.3 Å². The number of aromatic nitrogens is 3. The summed E-state index contributed by atoms with van der Waals surface area (Å²) in [6, 6.07) is 0.289. The highest BCUT2D eigenvalue weighted by molar-refractivity contribution is 7.99. The molecule has 0 aliphatic heterocycles. The average molecular weight is 284 g/mol. The molecule has 0 spiro atoms. The number of nitrogens with two attached hydrogens (primary N) is 1. The second-order valence-corrected chi connectivity index (χ2v) is 6.26. The van der Waals surface area contributed by atoms with Gasteiger partial charge in [-0.05, 0) is 31.1 Å². The molecular formula is C12H20N4O2S. The summed E-state index contributed by atoms with van der Waals surface area (Å²) in [7, 11) is 0. The third-order valence-corrected chi connectivity index (χ3v) is 4.88. The molecular weight excluding hydrogens is 264 g/mol. The van der Waals surface area contributed by atoms with Crippen molar-refractivity contribution < 1.29 is 9.90 Å². The number of hydrogen-bond donors (Lipinski definition) is 2. The number of hydrogen-bond acceptors (Lipinski definition) is 5. The Kier molecular flexibility index (Phi) is 4.34. The maximum atomic E-state index is 10.7. The quantitative estimate of drug-likeness (QED) is 0.822. The van der Waals surface area contributed by atoms with Gasteiger partial charge in [0, 0.05) is 6.04 Å². The number of thioether (sulfide) groups is 1. The predicted octanol–water partition coefficient (Wildman–Crippen LogP) is 2.03. The number of carboxylic acid groups (broad SMARTS) is 1. The second-order valence-electron chi connectivity index (χ2n) is 5.31. The van der Waals surface area contributed by atoms with Crippen LogP contribution < -0.4 is 5.73 Å². The number of nitrogens with zero attached hydrogens (tertiary/aromatic N) is 3. The molecule has 1 aliphatic rings. The molecule has 1 aromatic heterocycles. The van der Waals surface area contributed by atoms with Crippen LogP contribution in [0.15, 0.2) is 5.16 Å². The van der Waals surface area contributed by atoms with E-state index in [0.29, 0.717) is 17.0 Å². The number of nitrogen functional groups attached to an aromatic ring is 1. The number of carboxylic acids is 1. The largest absolute Gasteiger partial charge is 0.481 e. The average Bonchev–Trinajstić information content (AvgIpc) is 2.71. The van der Waals surface area contributed by atoms with E-state index in [4.69, 9.17) is 10.8 Å². The zero-order valence-electron chi connectivity index (χ0n) is 11.2. The molecule has 0 aromatic carbocycles. The molecule has 0 radical (unpaired) electrons. The zero-order valence-corrected chi connectivity index (χ0v) is 12.1. The van der Waals surface area contributed by atoms with Crippen molar-refractivity contribution in [1.29, 1.82) is 0 Å². The highest BCUT2D eigenvalue weighted by Crippen LogP contribution is 2.38. The van der Waals surface area contributed by atoms with Gasteiger partial charge in [-0.1, -0.05) is 25.6 Å². The SMILES string of the molecule is CC1CCC(n2c(N)nnc2SCC(=O)O)CC1C. The van der Waals surface area contributed by atoms with E-state index in [1.165, 1.54) is 11.8 Å². The first-order valence-electron chi connectivity index (χ1n) is 6.54. The molecule has 3 atom stereocenters. The van der Waals surface area contributed by atoms with Crippen molar-refractivity contribution in [3.05, 3.63) is 0 Å². The van der Waals surface area contributed by atoms with Crippen molar-refractivity contribution in [2.24, 2.45) is 11.8 Å². The van der Waals surface area contributed by atoms with Crippen LogP contribution in [0.25, 0.3) is 0 Å². The molecule has 3 unspecified atom stereocenters. The van der Waals surface area contributed by atoms with Gasteiger partial charge < -0.3 is 10.8 Å². The molecule has 3 N–H and O–H groups in total. The smallest absolute Gasteiger partial charge is 0.313 e. The first-order valence-corrected chi connectivity index (χ1v) is 7.52. The Balaban J connectivity index is 2.14. The van der Waals surface area contributed by atoms with E-state index < -0.39 is 5.97 Å². The van der Waals surface area contributed by atoms with E-state index in [0.717, 1.165) is 25.2 Å². The van der Waals surface area contributed by atoms with E-state index in [1.807, 2.05) is 4.57 Å². The van der Waals surface area contributed by atoms with Crippen LogP contribution in [0, 0.1) is 11.8 Å². The van der Waals surface area contributed by atoms with Crippen molar-refractivity contribution in [2.75, 3.05) is 11.5 Å². The molecule has 1 saturated carbocycles. The Labute approximate surface area is 116 Å². The Morgan fingerprint density at radius 1 is 1.42 bits per heavy atom. The normalized spacial score (nSPS) is 27.4. The van der Waals surface area contributed by atoms with E-state index >= 15 is 0 Å². The molecule has 1 fully saturated rings. The van der Waals surface area contributed by atoms with Crippen molar-refractivity contribution in [1.82, 2.24) is 14.8 Å². The number of aliphatic carboxylic acids is 1. The van der Waals surface area contributed by atoms with Crippen LogP contribution in [0.2, 0.25) is 0 Å². The minimum absolute atomic E-state index is 0.0171. The van der Waals surface area contributed by atoms with Gasteiger partial charge in [0.15, 0.2) is 5.16 Å². The molecule has 1 aliphatic carbocycles. The van der Waals surface area contributed by atoms with Crippen LogP contribution >= 0.6 is 11.8 Å². The van der Waals surface area contributed by atoms with Crippen LogP contribution in [0.3, 0.4) is 0 Å². The molecule has 0 bridgehead atoms. The lowest BCUT2D eigenvalue weighted by Crippen LogP contribution is -2.24. The molecule has 1 heterocycles. The van der Waals surface area contributed by atoms with Gasteiger partial charge in [-0.2, -0.15) is 0 Å². The lowest BCUT2D eigenvalue weighted by atomic mass is 9.79. The Bertz CT molecular complexity index is 463. The summed E-state index contributed by atoms with van der Waals surface area (Å²) in [5.74, 6) is 0.877. The van der Waals surface area contributed by atoms with Gasteiger partial charge in [-0.25, -0.2) is 0 Å². The van der Waals surface area contributed by atoms with Gasteiger partial charge in [0.2, 0.25) is 5.95 Å². The fraction of sp³-hybridized carbons (Fsp3) is 0.750. The summed E-state index contributed by atoms with van der Waals surface area (Å²) in [4.78, 5) is 10.7. The van der Waals surface area contributed by atoms with Gasteiger partial charge in [0.25, 0.3) is 0 Å². The topological polar surface area (TPSA) is 94.0 Å². The minimum atomic E-state index is -0.858. The highest BCUT2D eigenvalue weighted by Gasteiger charge is 2.28. The van der Waals surface area contributed by atoms with Gasteiger partial charge in [0.1, 0.15) is 0 Å². The van der Waals surface area contributed by atoms with Crippen LogP contribution in [0.4, 0.5) is 5.95 Å². The molecule has 7 heteroatoms. The first-order chi connectivity index (χ1) is 8.99. The molecule has 0 amide bonds. The Morgan fingerprint density at radius 3 is 2.79 bits per heavy atom. The lowest BCUT2D eigenvalue weighted by Gasteiger charge is -2.33. The fourth-order valence-electron chi connectivity index (χ4n) is 2.61. The van der Waals surface area contributed by atoms with Crippen molar-refractivity contribution in [3.63, 3.8) is 0 Å². The maximum Gasteiger partial charge on any atom is 0.313 e. The third-order valence-electron chi connectivity index (χ3n) is 3.95. The molecule has 1 aromatic rings. The molecule has 106 valence electrons. The molecule has 0 saturated heterocycles. The molecule has 2 rings (SSSR count). The van der Waals surface area contributed by atoms with Crippen LogP contribution in [-0.2, 0) is 4.79 Å². The van der Waals surface area contributed by atoms with Crippen LogP contribution in [0.5, 0.6) is 0 Å². The number of rotatable bonds is 4. The monoisotopic (exact) mass is 284 g/mol. The van der Waals surface area contributed by atoms with E-state index in [-0.39, 0.29) is 11.8 Å². The summed E-state index contributed by atoms with van der Waals surface area (Å²) < 4.78 is 1.91. The van der Waals surface area contributed by atoms with E-state index in [1.54, 1.807) is 0 Å². The van der Waals surface area contributed by atoms with Gasteiger partial charge in [-0.3, -0.25) is 9.36 Å². The standard InChI is InChI=1S/C12H20N4O2S/c1-7-3-4-9(5-8(7)2)16-11(13)14-15-12(16)19-6-10(17)18/h7-9H,3-6H2,1-2H3,(H2,13,14)(H,17,18). The fourth-order valence-corrected chi connectivity index (χ4v) is 3.34. The Morgan fingerprint density at radius 2 is 2.16 bits per heavy atom. The maximum absolute atomic E-state index is 10.7. The van der Waals surface area contributed by atoms with E-state index in [9.17, 15) is 4.79 Å².